The van der Waals surface area contributed by atoms with Crippen LogP contribution in [-0.4, -0.2) is 27.9 Å². The van der Waals surface area contributed by atoms with E-state index in [9.17, 15) is 20.0 Å². The maximum Gasteiger partial charge on any atom is 0.336 e. The van der Waals surface area contributed by atoms with Crippen molar-refractivity contribution >= 4 is 11.7 Å². The van der Waals surface area contributed by atoms with Crippen molar-refractivity contribution in [2.45, 2.75) is 44.7 Å². The maximum atomic E-state index is 11.4. The number of ether oxygens (including phenoxy) is 2. The first-order valence-corrected chi connectivity index (χ1v) is 6.76. The van der Waals surface area contributed by atoms with Crippen molar-refractivity contribution in [3.8, 4) is 0 Å². The van der Waals surface area contributed by atoms with Gasteiger partial charge < -0.3 is 14.6 Å². The molecule has 0 aromatic heterocycles. The average molecular weight is 295 g/mol. The SMILES string of the molecule is CCC1(CC)OC(C(=O)O)C(c2ccccc2[N+](=O)[O-])O1. The van der Waals surface area contributed by atoms with Gasteiger partial charge in [0.15, 0.2) is 11.9 Å². The van der Waals surface area contributed by atoms with E-state index in [-0.39, 0.29) is 11.3 Å². The van der Waals surface area contributed by atoms with E-state index >= 15 is 0 Å². The van der Waals surface area contributed by atoms with E-state index in [0.29, 0.717) is 12.8 Å². The number of hydrogen-bond acceptors (Lipinski definition) is 5. The molecular formula is C14H17NO6. The van der Waals surface area contributed by atoms with Crippen LogP contribution in [0.25, 0.3) is 0 Å². The van der Waals surface area contributed by atoms with Gasteiger partial charge in [-0.3, -0.25) is 10.1 Å². The van der Waals surface area contributed by atoms with E-state index < -0.39 is 28.9 Å². The molecule has 2 rings (SSSR count). The lowest BCUT2D eigenvalue weighted by atomic mass is 10.0. The summed E-state index contributed by atoms with van der Waals surface area (Å²) in [5.41, 5.74) is 0.0547. The zero-order valence-electron chi connectivity index (χ0n) is 11.8. The molecule has 0 aliphatic carbocycles. The van der Waals surface area contributed by atoms with Gasteiger partial charge in [-0.05, 0) is 18.9 Å². The number of para-hydroxylation sites is 1. The van der Waals surface area contributed by atoms with Crippen LogP contribution in [0.5, 0.6) is 0 Å². The zero-order chi connectivity index (χ0) is 15.6. The van der Waals surface area contributed by atoms with Crippen LogP contribution in [0.15, 0.2) is 24.3 Å². The smallest absolute Gasteiger partial charge is 0.336 e. The molecule has 0 radical (unpaired) electrons. The molecule has 1 saturated heterocycles. The second-order valence-electron chi connectivity index (χ2n) is 4.85. The van der Waals surface area contributed by atoms with E-state index in [0.717, 1.165) is 0 Å². The molecule has 0 amide bonds. The van der Waals surface area contributed by atoms with Crippen molar-refractivity contribution in [3.63, 3.8) is 0 Å². The summed E-state index contributed by atoms with van der Waals surface area (Å²) in [5.74, 6) is -2.21. The fraction of sp³-hybridized carbons (Fsp3) is 0.500. The number of benzene rings is 1. The van der Waals surface area contributed by atoms with Gasteiger partial charge in [-0.2, -0.15) is 0 Å². The highest BCUT2D eigenvalue weighted by Gasteiger charge is 2.50. The number of carboxylic acids is 1. The van der Waals surface area contributed by atoms with Gasteiger partial charge in [0.2, 0.25) is 0 Å². The molecule has 2 unspecified atom stereocenters. The molecule has 1 aromatic rings. The number of aliphatic carboxylic acids is 1. The molecule has 1 heterocycles. The first-order valence-electron chi connectivity index (χ1n) is 6.76. The molecule has 1 aromatic carbocycles. The highest BCUT2D eigenvalue weighted by molar-refractivity contribution is 5.74. The Labute approximate surface area is 121 Å². The van der Waals surface area contributed by atoms with E-state index in [1.165, 1.54) is 18.2 Å². The van der Waals surface area contributed by atoms with E-state index in [2.05, 4.69) is 0 Å². The molecular weight excluding hydrogens is 278 g/mol. The summed E-state index contributed by atoms with van der Waals surface area (Å²) >= 11 is 0. The third-order valence-corrected chi connectivity index (χ3v) is 3.72. The van der Waals surface area contributed by atoms with Crippen LogP contribution in [0.4, 0.5) is 5.69 Å². The van der Waals surface area contributed by atoms with Gasteiger partial charge in [-0.15, -0.1) is 0 Å². The quantitative estimate of drug-likeness (QED) is 0.662. The second-order valence-corrected chi connectivity index (χ2v) is 4.85. The largest absolute Gasteiger partial charge is 0.479 e. The van der Waals surface area contributed by atoms with Crippen molar-refractivity contribution < 1.29 is 24.3 Å². The van der Waals surface area contributed by atoms with Gasteiger partial charge in [0, 0.05) is 6.07 Å². The molecule has 1 aliphatic rings. The summed E-state index contributed by atoms with van der Waals surface area (Å²) in [6.07, 6.45) is -1.33. The predicted molar refractivity (Wildman–Crippen MR) is 72.7 cm³/mol. The number of hydrogen-bond donors (Lipinski definition) is 1. The molecule has 0 spiro atoms. The molecule has 1 N–H and O–H groups in total. The average Bonchev–Trinajstić information content (AvgIpc) is 2.88. The Morgan fingerprint density at radius 2 is 1.95 bits per heavy atom. The lowest BCUT2D eigenvalue weighted by molar-refractivity contribution is -0.386. The van der Waals surface area contributed by atoms with Crippen LogP contribution >= 0.6 is 0 Å². The Hall–Kier alpha value is -1.99. The lowest BCUT2D eigenvalue weighted by Crippen LogP contribution is -2.31. The van der Waals surface area contributed by atoms with Crippen molar-refractivity contribution in [2.24, 2.45) is 0 Å². The number of rotatable bonds is 5. The fourth-order valence-corrected chi connectivity index (χ4v) is 2.50. The summed E-state index contributed by atoms with van der Waals surface area (Å²) < 4.78 is 11.4. The Kier molecular flexibility index (Phi) is 4.24. The predicted octanol–water partition coefficient (Wildman–Crippen LogP) is 2.65. The number of carboxylic acid groups (broad SMARTS) is 1. The summed E-state index contributed by atoms with van der Waals surface area (Å²) in [5, 5.41) is 20.4. The van der Waals surface area contributed by atoms with Crippen LogP contribution < -0.4 is 0 Å². The molecule has 7 heteroatoms. The van der Waals surface area contributed by atoms with Crippen LogP contribution in [0.3, 0.4) is 0 Å². The molecule has 21 heavy (non-hydrogen) atoms. The fourth-order valence-electron chi connectivity index (χ4n) is 2.50. The molecule has 0 saturated carbocycles. The summed E-state index contributed by atoms with van der Waals surface area (Å²) in [6, 6.07) is 5.97. The highest BCUT2D eigenvalue weighted by Crippen LogP contribution is 2.44. The summed E-state index contributed by atoms with van der Waals surface area (Å²) in [6.45, 7) is 3.65. The Bertz CT molecular complexity index is 554. The van der Waals surface area contributed by atoms with E-state index in [4.69, 9.17) is 9.47 Å². The van der Waals surface area contributed by atoms with Crippen LogP contribution in [0.1, 0.15) is 38.4 Å². The molecule has 114 valence electrons. The van der Waals surface area contributed by atoms with E-state index in [1.54, 1.807) is 6.07 Å². The standard InChI is InChI=1S/C14H17NO6/c1-3-14(4-2)20-11(12(21-14)13(16)17)9-7-5-6-8-10(9)15(18)19/h5-8,11-12H,3-4H2,1-2H3,(H,16,17). The Morgan fingerprint density at radius 1 is 1.33 bits per heavy atom. The molecule has 2 atom stereocenters. The Morgan fingerprint density at radius 3 is 2.48 bits per heavy atom. The van der Waals surface area contributed by atoms with Crippen molar-refractivity contribution in [1.82, 2.24) is 0 Å². The number of nitro groups is 1. The summed E-state index contributed by atoms with van der Waals surface area (Å²) in [4.78, 5) is 22.0. The third kappa shape index (κ3) is 2.74. The first-order chi connectivity index (χ1) is 9.94. The van der Waals surface area contributed by atoms with Crippen LogP contribution in [-0.2, 0) is 14.3 Å². The maximum absolute atomic E-state index is 11.4. The zero-order valence-corrected chi connectivity index (χ0v) is 11.8. The van der Waals surface area contributed by atoms with Gasteiger partial charge in [-0.1, -0.05) is 26.0 Å². The topological polar surface area (TPSA) is 98.9 Å². The van der Waals surface area contributed by atoms with Gasteiger partial charge in [0.1, 0.15) is 6.10 Å². The molecule has 7 nitrogen and oxygen atoms in total. The lowest BCUT2D eigenvalue weighted by Gasteiger charge is -2.24. The number of carbonyl (C=O) groups is 1. The van der Waals surface area contributed by atoms with Gasteiger partial charge in [-0.25, -0.2) is 4.79 Å². The van der Waals surface area contributed by atoms with Crippen molar-refractivity contribution in [1.29, 1.82) is 0 Å². The van der Waals surface area contributed by atoms with Crippen molar-refractivity contribution in [3.05, 3.63) is 39.9 Å². The van der Waals surface area contributed by atoms with E-state index in [1.807, 2.05) is 13.8 Å². The number of nitro benzene ring substituents is 1. The minimum Gasteiger partial charge on any atom is -0.479 e. The normalized spacial score (nSPS) is 23.9. The number of nitrogens with zero attached hydrogens (tertiary/aromatic N) is 1. The minimum atomic E-state index is -1.26. The van der Waals surface area contributed by atoms with Crippen LogP contribution in [0, 0.1) is 10.1 Å². The highest BCUT2D eigenvalue weighted by atomic mass is 16.8. The van der Waals surface area contributed by atoms with Gasteiger partial charge >= 0.3 is 5.97 Å². The first kappa shape index (κ1) is 15.4. The molecule has 1 fully saturated rings. The second kappa shape index (κ2) is 5.79. The minimum absolute atomic E-state index is 0.166. The molecule has 0 bridgehead atoms. The third-order valence-electron chi connectivity index (χ3n) is 3.72. The van der Waals surface area contributed by atoms with Crippen LogP contribution in [0.2, 0.25) is 0 Å². The molecule has 1 aliphatic heterocycles. The summed E-state index contributed by atoms with van der Waals surface area (Å²) in [7, 11) is 0. The van der Waals surface area contributed by atoms with Gasteiger partial charge in [0.05, 0.1) is 10.5 Å². The Balaban J connectivity index is 2.46. The van der Waals surface area contributed by atoms with Gasteiger partial charge in [0.25, 0.3) is 5.69 Å². The van der Waals surface area contributed by atoms with Crippen molar-refractivity contribution in [2.75, 3.05) is 0 Å². The monoisotopic (exact) mass is 295 g/mol.